The summed E-state index contributed by atoms with van der Waals surface area (Å²) in [7, 11) is -1.56. The molecule has 19 heavy (non-hydrogen) atoms. The molecular formula is C11H15FN2O4S. The highest BCUT2D eigenvalue weighted by Gasteiger charge is 2.23. The fraction of sp³-hybridized carbons (Fsp3) is 0.364. The number of nitrogens with two attached hydrogens (primary N) is 1. The first kappa shape index (κ1) is 15.4. The predicted octanol–water partition coefficient (Wildman–Crippen LogP) is 0.574. The van der Waals surface area contributed by atoms with Gasteiger partial charge in [0.1, 0.15) is 4.90 Å². The van der Waals surface area contributed by atoms with Crippen LogP contribution in [0.1, 0.15) is 17.3 Å². The summed E-state index contributed by atoms with van der Waals surface area (Å²) in [5, 5.41) is 4.98. The highest BCUT2D eigenvalue weighted by Crippen LogP contribution is 2.28. The van der Waals surface area contributed by atoms with Gasteiger partial charge in [0.2, 0.25) is 10.0 Å². The number of carbonyl (C=O) groups is 1. The van der Waals surface area contributed by atoms with Gasteiger partial charge < -0.3 is 9.64 Å². The van der Waals surface area contributed by atoms with Gasteiger partial charge in [0.25, 0.3) is 5.91 Å². The van der Waals surface area contributed by atoms with E-state index in [0.717, 1.165) is 19.2 Å². The largest absolute Gasteiger partial charge is 0.492 e. The molecule has 106 valence electrons. The molecule has 0 saturated carbocycles. The van der Waals surface area contributed by atoms with Crippen LogP contribution in [0.2, 0.25) is 0 Å². The van der Waals surface area contributed by atoms with Crippen LogP contribution < -0.4 is 9.88 Å². The van der Waals surface area contributed by atoms with Gasteiger partial charge in [-0.05, 0) is 19.1 Å². The standard InChI is InChI=1S/C11H15FN2O4S/c1-4-14(2)11(15)7-5-8(12)10(18-3)9(6-7)19(13,16)17/h5-6H,4H2,1-3H3,(H2,13,16,17). The van der Waals surface area contributed by atoms with E-state index in [4.69, 9.17) is 5.14 Å². The van der Waals surface area contributed by atoms with Crippen molar-refractivity contribution in [3.8, 4) is 5.75 Å². The van der Waals surface area contributed by atoms with Crippen LogP contribution >= 0.6 is 0 Å². The molecule has 0 spiro atoms. The maximum Gasteiger partial charge on any atom is 0.253 e. The van der Waals surface area contributed by atoms with Crippen molar-refractivity contribution in [2.24, 2.45) is 5.14 Å². The zero-order chi connectivity index (χ0) is 14.8. The van der Waals surface area contributed by atoms with Gasteiger partial charge in [-0.1, -0.05) is 0 Å². The Bertz CT molecular complexity index is 601. The van der Waals surface area contributed by atoms with Crippen LogP contribution in [0.5, 0.6) is 5.75 Å². The second-order valence-electron chi connectivity index (χ2n) is 3.85. The normalized spacial score (nSPS) is 11.2. The van der Waals surface area contributed by atoms with Gasteiger partial charge in [0.15, 0.2) is 11.6 Å². The highest BCUT2D eigenvalue weighted by atomic mass is 32.2. The lowest BCUT2D eigenvalue weighted by Crippen LogP contribution is -2.27. The van der Waals surface area contributed by atoms with E-state index in [1.807, 2.05) is 0 Å². The molecule has 0 atom stereocenters. The van der Waals surface area contributed by atoms with Crippen molar-refractivity contribution in [2.45, 2.75) is 11.8 Å². The third kappa shape index (κ3) is 3.21. The monoisotopic (exact) mass is 290 g/mol. The molecular weight excluding hydrogens is 275 g/mol. The van der Waals surface area contributed by atoms with E-state index in [2.05, 4.69) is 4.74 Å². The zero-order valence-electron chi connectivity index (χ0n) is 10.8. The summed E-state index contributed by atoms with van der Waals surface area (Å²) in [5.41, 5.74) is -0.105. The number of amides is 1. The number of methoxy groups -OCH3 is 1. The first-order chi connectivity index (χ1) is 8.72. The Morgan fingerprint density at radius 2 is 2.05 bits per heavy atom. The van der Waals surface area contributed by atoms with Crippen molar-refractivity contribution < 1.29 is 22.3 Å². The minimum atomic E-state index is -4.19. The van der Waals surface area contributed by atoms with Crippen molar-refractivity contribution >= 4 is 15.9 Å². The Hall–Kier alpha value is -1.67. The molecule has 1 rings (SSSR count). The number of hydrogen-bond donors (Lipinski definition) is 1. The first-order valence-electron chi connectivity index (χ1n) is 5.38. The van der Waals surface area contributed by atoms with Crippen LogP contribution in [0.15, 0.2) is 17.0 Å². The van der Waals surface area contributed by atoms with E-state index in [9.17, 15) is 17.6 Å². The number of primary sulfonamides is 1. The summed E-state index contributed by atoms with van der Waals surface area (Å²) in [6.45, 7) is 2.13. The van der Waals surface area contributed by atoms with Gasteiger partial charge >= 0.3 is 0 Å². The van der Waals surface area contributed by atoms with Crippen LogP contribution in [0.25, 0.3) is 0 Å². The van der Waals surface area contributed by atoms with Crippen molar-refractivity contribution in [3.05, 3.63) is 23.5 Å². The maximum atomic E-state index is 13.8. The van der Waals surface area contributed by atoms with Gasteiger partial charge in [-0.3, -0.25) is 4.79 Å². The van der Waals surface area contributed by atoms with E-state index in [-0.39, 0.29) is 5.56 Å². The number of benzene rings is 1. The molecule has 8 heteroatoms. The molecule has 0 aliphatic carbocycles. The average molecular weight is 290 g/mol. The van der Waals surface area contributed by atoms with Gasteiger partial charge in [-0.15, -0.1) is 0 Å². The minimum absolute atomic E-state index is 0.105. The number of halogens is 1. The summed E-state index contributed by atoms with van der Waals surface area (Å²) in [6.07, 6.45) is 0. The third-order valence-electron chi connectivity index (χ3n) is 2.59. The first-order valence-corrected chi connectivity index (χ1v) is 6.92. The highest BCUT2D eigenvalue weighted by molar-refractivity contribution is 7.89. The summed E-state index contributed by atoms with van der Waals surface area (Å²) in [5.74, 6) is -1.96. The van der Waals surface area contributed by atoms with E-state index >= 15 is 0 Å². The lowest BCUT2D eigenvalue weighted by molar-refractivity contribution is 0.0801. The SMILES string of the molecule is CCN(C)C(=O)c1cc(F)c(OC)c(S(N)(=O)=O)c1. The molecule has 0 aromatic heterocycles. The van der Waals surface area contributed by atoms with Crippen LogP contribution in [0.4, 0.5) is 4.39 Å². The summed E-state index contributed by atoms with van der Waals surface area (Å²) >= 11 is 0. The number of ether oxygens (including phenoxy) is 1. The van der Waals surface area contributed by atoms with Crippen molar-refractivity contribution in [1.82, 2.24) is 4.90 Å². The van der Waals surface area contributed by atoms with Crippen molar-refractivity contribution in [1.29, 1.82) is 0 Å². The molecule has 0 heterocycles. The average Bonchev–Trinajstić information content (AvgIpc) is 2.34. The molecule has 0 saturated heterocycles. The van der Waals surface area contributed by atoms with E-state index in [1.54, 1.807) is 6.92 Å². The molecule has 0 fully saturated rings. The second-order valence-corrected chi connectivity index (χ2v) is 5.38. The maximum absolute atomic E-state index is 13.8. The fourth-order valence-corrected chi connectivity index (χ4v) is 2.20. The zero-order valence-corrected chi connectivity index (χ0v) is 11.6. The number of nitrogens with zero attached hydrogens (tertiary/aromatic N) is 1. The smallest absolute Gasteiger partial charge is 0.253 e. The Morgan fingerprint density at radius 1 is 1.47 bits per heavy atom. The lowest BCUT2D eigenvalue weighted by atomic mass is 10.2. The van der Waals surface area contributed by atoms with E-state index in [1.165, 1.54) is 11.9 Å². The van der Waals surface area contributed by atoms with Gasteiger partial charge in [-0.25, -0.2) is 17.9 Å². The van der Waals surface area contributed by atoms with Gasteiger partial charge in [-0.2, -0.15) is 0 Å². The molecule has 0 bridgehead atoms. The summed E-state index contributed by atoms with van der Waals surface area (Å²) in [4.78, 5) is 12.7. The molecule has 6 nitrogen and oxygen atoms in total. The number of sulfonamides is 1. The molecule has 0 radical (unpaired) electrons. The molecule has 2 N–H and O–H groups in total. The second kappa shape index (κ2) is 5.54. The molecule has 0 unspecified atom stereocenters. The molecule has 1 aromatic rings. The number of carbonyl (C=O) groups excluding carboxylic acids is 1. The predicted molar refractivity (Wildman–Crippen MR) is 67.0 cm³/mol. The van der Waals surface area contributed by atoms with E-state index in [0.29, 0.717) is 6.54 Å². The third-order valence-corrected chi connectivity index (χ3v) is 3.50. The van der Waals surface area contributed by atoms with Crippen LogP contribution in [-0.4, -0.2) is 39.9 Å². The van der Waals surface area contributed by atoms with Crippen molar-refractivity contribution in [3.63, 3.8) is 0 Å². The van der Waals surface area contributed by atoms with Gasteiger partial charge in [0.05, 0.1) is 7.11 Å². The minimum Gasteiger partial charge on any atom is -0.492 e. The quantitative estimate of drug-likeness (QED) is 0.878. The molecule has 1 aromatic carbocycles. The Labute approximate surface area is 111 Å². The number of rotatable bonds is 4. The number of hydrogen-bond acceptors (Lipinski definition) is 4. The Morgan fingerprint density at radius 3 is 2.47 bits per heavy atom. The van der Waals surface area contributed by atoms with Crippen LogP contribution in [0, 0.1) is 5.82 Å². The summed E-state index contributed by atoms with van der Waals surface area (Å²) < 4.78 is 41.2. The molecule has 0 aliphatic rings. The lowest BCUT2D eigenvalue weighted by Gasteiger charge is -2.16. The van der Waals surface area contributed by atoms with E-state index < -0.39 is 32.4 Å². The van der Waals surface area contributed by atoms with Crippen LogP contribution in [0.3, 0.4) is 0 Å². The Kier molecular flexibility index (Phi) is 4.48. The molecule has 1 amide bonds. The van der Waals surface area contributed by atoms with Crippen LogP contribution in [-0.2, 0) is 10.0 Å². The Balaban J connectivity index is 3.48. The van der Waals surface area contributed by atoms with Crippen molar-refractivity contribution in [2.75, 3.05) is 20.7 Å². The topological polar surface area (TPSA) is 89.7 Å². The summed E-state index contributed by atoms with van der Waals surface area (Å²) in [6, 6.07) is 1.92. The fourth-order valence-electron chi connectivity index (χ4n) is 1.47. The molecule has 0 aliphatic heterocycles. The van der Waals surface area contributed by atoms with Gasteiger partial charge in [0, 0.05) is 19.2 Å².